The molecule has 1 aromatic carbocycles. The quantitative estimate of drug-likeness (QED) is 0.266. The number of anilines is 1. The molecule has 1 N–H and O–H groups in total. The molecule has 4 aromatic heterocycles. The van der Waals surface area contributed by atoms with Crippen LogP contribution in [0, 0.1) is 5.82 Å². The molecular weight excluding hydrogens is 616 g/mol. The highest BCUT2D eigenvalue weighted by atomic mass is 35.5. The number of rotatable bonds is 3. The molecule has 10 rings (SSSR count). The van der Waals surface area contributed by atoms with Crippen LogP contribution in [-0.4, -0.2) is 84.7 Å². The van der Waals surface area contributed by atoms with Crippen molar-refractivity contribution in [3.05, 3.63) is 46.6 Å². The molecule has 5 aliphatic rings. The van der Waals surface area contributed by atoms with Gasteiger partial charge in [0.05, 0.1) is 22.6 Å². The molecule has 3 fully saturated rings. The largest absolute Gasteiger partial charge is 0.461 e. The van der Waals surface area contributed by atoms with Gasteiger partial charge in [0.15, 0.2) is 11.6 Å². The van der Waals surface area contributed by atoms with Gasteiger partial charge in [-0.05, 0) is 56.7 Å². The van der Waals surface area contributed by atoms with Gasteiger partial charge in [0, 0.05) is 60.6 Å². The van der Waals surface area contributed by atoms with E-state index in [4.69, 9.17) is 35.8 Å². The number of nitrogens with one attached hydrogen (secondary N) is 1. The normalized spacial score (nSPS) is 24.7. The fourth-order valence-electron chi connectivity index (χ4n) is 8.10. The third-order valence-corrected chi connectivity index (χ3v) is 10.6. The SMILES string of the molecule is Fc1c2ncc3c(nc(OC[C@@]45CCCN4C[C@H](F)C5)nc13)N1CCC[C@H](C1)c1noc(n1)CCCc1c(Cl)cc3[nH]ncc3c1-2. The Morgan fingerprint density at radius 2 is 2.02 bits per heavy atom. The summed E-state index contributed by atoms with van der Waals surface area (Å²) in [4.78, 5) is 23.3. The van der Waals surface area contributed by atoms with E-state index in [1.165, 1.54) is 0 Å². The smallest absolute Gasteiger partial charge is 0.319 e. The highest BCUT2D eigenvalue weighted by Gasteiger charge is 2.49. The van der Waals surface area contributed by atoms with Crippen LogP contribution in [0.4, 0.5) is 14.6 Å². The molecule has 11 nitrogen and oxygen atoms in total. The molecule has 5 aromatic rings. The minimum Gasteiger partial charge on any atom is -0.461 e. The molecule has 0 unspecified atom stereocenters. The van der Waals surface area contributed by atoms with Crippen molar-refractivity contribution in [2.24, 2.45) is 0 Å². The van der Waals surface area contributed by atoms with Crippen LogP contribution in [0.5, 0.6) is 6.01 Å². The number of halogens is 3. The number of aromatic nitrogens is 7. The number of hydrogen-bond acceptors (Lipinski definition) is 10. The topological polar surface area (TPSA) is 122 Å². The van der Waals surface area contributed by atoms with E-state index in [-0.39, 0.29) is 29.7 Å². The number of alkyl halides is 1. The third kappa shape index (κ3) is 4.53. The van der Waals surface area contributed by atoms with Gasteiger partial charge < -0.3 is 14.2 Å². The number of H-pyrrole nitrogens is 1. The van der Waals surface area contributed by atoms with Crippen molar-refractivity contribution in [3.8, 4) is 17.3 Å². The molecule has 3 atom stereocenters. The Kier molecular flexibility index (Phi) is 6.64. The van der Waals surface area contributed by atoms with Gasteiger partial charge in [-0.1, -0.05) is 16.8 Å². The van der Waals surface area contributed by atoms with E-state index in [1.807, 2.05) is 6.07 Å². The number of fused-ring (bicyclic) bond motifs is 5. The Hall–Kier alpha value is -3.97. The minimum atomic E-state index is -0.891. The Morgan fingerprint density at radius 1 is 1.09 bits per heavy atom. The van der Waals surface area contributed by atoms with Crippen LogP contribution in [0.3, 0.4) is 0 Å². The molecule has 3 saturated heterocycles. The summed E-state index contributed by atoms with van der Waals surface area (Å²) in [5.41, 5.74) is 1.84. The maximum Gasteiger partial charge on any atom is 0.319 e. The second-order valence-electron chi connectivity index (χ2n) is 13.1. The van der Waals surface area contributed by atoms with Gasteiger partial charge in [0.25, 0.3) is 0 Å². The first kappa shape index (κ1) is 28.3. The molecule has 0 aliphatic carbocycles. The van der Waals surface area contributed by atoms with E-state index < -0.39 is 17.5 Å². The van der Waals surface area contributed by atoms with Crippen molar-refractivity contribution in [2.75, 3.05) is 37.7 Å². The van der Waals surface area contributed by atoms with Crippen LogP contribution < -0.4 is 9.64 Å². The first-order chi connectivity index (χ1) is 22.5. The Bertz CT molecular complexity index is 1980. The lowest BCUT2D eigenvalue weighted by Crippen LogP contribution is -2.43. The number of hydrogen-bond donors (Lipinski definition) is 1. The summed E-state index contributed by atoms with van der Waals surface area (Å²) in [5.74, 6) is 1.20. The second-order valence-corrected chi connectivity index (χ2v) is 13.5. The number of aryl methyl sites for hydroxylation is 1. The standard InChI is InChI=1S/C32H32ClF2N9O2/c33-22-10-23-20(13-37-41-23)25-19(22)5-1-6-24-38-29(42-46-24)17-4-2-8-43(14-17)30-21-12-36-28(25)26(35)27(21)39-31(40-30)45-16-32-7-3-9-44(32)15-18(34)11-32/h10,12-13,17-18H,1-9,11,14-16H2,(H,37,41)/t17-,18-,32+/m1/s1. The molecule has 0 radical (unpaired) electrons. The lowest BCUT2D eigenvalue weighted by atomic mass is 9.94. The molecule has 238 valence electrons. The average molecular weight is 648 g/mol. The van der Waals surface area contributed by atoms with Gasteiger partial charge in [-0.15, -0.1) is 0 Å². The zero-order chi connectivity index (χ0) is 31.0. The van der Waals surface area contributed by atoms with E-state index in [9.17, 15) is 4.39 Å². The minimum absolute atomic E-state index is 0.0149. The van der Waals surface area contributed by atoms with Crippen molar-refractivity contribution >= 4 is 39.2 Å². The van der Waals surface area contributed by atoms with Crippen molar-refractivity contribution in [2.45, 2.75) is 69.0 Å². The van der Waals surface area contributed by atoms with Gasteiger partial charge in [-0.3, -0.25) is 15.0 Å². The van der Waals surface area contributed by atoms with Crippen LogP contribution in [0.1, 0.15) is 61.7 Å². The number of pyridine rings is 1. The molecule has 0 amide bonds. The molecule has 8 bridgehead atoms. The predicted octanol–water partition coefficient (Wildman–Crippen LogP) is 5.57. The molecule has 0 saturated carbocycles. The number of ether oxygens (including phenoxy) is 1. The summed E-state index contributed by atoms with van der Waals surface area (Å²) in [6.07, 6.45) is 8.17. The Labute approximate surface area is 267 Å². The van der Waals surface area contributed by atoms with Crippen LogP contribution in [0.25, 0.3) is 33.1 Å². The molecular formula is C32H32ClF2N9O2. The van der Waals surface area contributed by atoms with Crippen LogP contribution in [0.15, 0.2) is 23.0 Å². The average Bonchev–Trinajstić information content (AvgIpc) is 3.85. The highest BCUT2D eigenvalue weighted by molar-refractivity contribution is 6.33. The summed E-state index contributed by atoms with van der Waals surface area (Å²) in [7, 11) is 0. The van der Waals surface area contributed by atoms with E-state index in [0.717, 1.165) is 37.8 Å². The number of aromatic amines is 1. The summed E-state index contributed by atoms with van der Waals surface area (Å²) in [6, 6.07) is 1.87. The first-order valence-electron chi connectivity index (χ1n) is 16.1. The Balaban J connectivity index is 1.23. The molecule has 9 heterocycles. The van der Waals surface area contributed by atoms with Crippen LogP contribution >= 0.6 is 11.6 Å². The van der Waals surface area contributed by atoms with Gasteiger partial charge >= 0.3 is 6.01 Å². The summed E-state index contributed by atoms with van der Waals surface area (Å²) < 4.78 is 43.5. The molecule has 46 heavy (non-hydrogen) atoms. The van der Waals surface area contributed by atoms with Crippen molar-refractivity contribution in [1.82, 2.24) is 40.2 Å². The predicted molar refractivity (Wildman–Crippen MR) is 166 cm³/mol. The maximum atomic E-state index is 17.0. The summed E-state index contributed by atoms with van der Waals surface area (Å²) >= 11 is 6.84. The van der Waals surface area contributed by atoms with Gasteiger partial charge in [-0.2, -0.15) is 20.1 Å². The summed E-state index contributed by atoms with van der Waals surface area (Å²) in [5, 5.41) is 13.2. The van der Waals surface area contributed by atoms with E-state index in [1.54, 1.807) is 12.4 Å². The van der Waals surface area contributed by atoms with Crippen molar-refractivity contribution in [1.29, 1.82) is 0 Å². The van der Waals surface area contributed by atoms with Crippen molar-refractivity contribution in [3.63, 3.8) is 0 Å². The van der Waals surface area contributed by atoms with Crippen LogP contribution in [0.2, 0.25) is 5.02 Å². The summed E-state index contributed by atoms with van der Waals surface area (Å²) in [6.45, 7) is 2.76. The molecule has 5 aliphatic heterocycles. The van der Waals surface area contributed by atoms with Crippen LogP contribution in [-0.2, 0) is 12.8 Å². The van der Waals surface area contributed by atoms with Gasteiger partial charge in [0.2, 0.25) is 5.89 Å². The number of nitrogens with zero attached hydrogens (tertiary/aromatic N) is 8. The highest BCUT2D eigenvalue weighted by Crippen LogP contribution is 2.42. The Morgan fingerprint density at radius 3 is 2.96 bits per heavy atom. The maximum absolute atomic E-state index is 17.0. The number of benzene rings is 1. The fraction of sp³-hybridized carbons (Fsp3) is 0.500. The lowest BCUT2D eigenvalue weighted by Gasteiger charge is -2.33. The van der Waals surface area contributed by atoms with E-state index in [0.29, 0.717) is 89.7 Å². The molecule has 0 spiro atoms. The van der Waals surface area contributed by atoms with Gasteiger partial charge in [-0.25, -0.2) is 8.78 Å². The fourth-order valence-corrected chi connectivity index (χ4v) is 8.40. The lowest BCUT2D eigenvalue weighted by molar-refractivity contribution is 0.107. The van der Waals surface area contributed by atoms with Gasteiger partial charge in [0.1, 0.15) is 29.8 Å². The number of piperidine rings is 1. The second kappa shape index (κ2) is 10.8. The zero-order valence-electron chi connectivity index (χ0n) is 25.1. The monoisotopic (exact) mass is 647 g/mol. The zero-order valence-corrected chi connectivity index (χ0v) is 25.9. The molecule has 14 heteroatoms. The third-order valence-electron chi connectivity index (χ3n) is 10.3. The van der Waals surface area contributed by atoms with E-state index in [2.05, 4.69) is 30.1 Å². The van der Waals surface area contributed by atoms with Crippen molar-refractivity contribution < 1.29 is 18.0 Å². The van der Waals surface area contributed by atoms with E-state index >= 15 is 4.39 Å². The first-order valence-corrected chi connectivity index (χ1v) is 16.4.